The molecule has 1 aliphatic heterocycles. The van der Waals surface area contributed by atoms with Crippen LogP contribution >= 0.6 is 0 Å². The van der Waals surface area contributed by atoms with Gasteiger partial charge in [0.1, 0.15) is 11.9 Å². The Hall–Kier alpha value is -3.93. The quantitative estimate of drug-likeness (QED) is 0.505. The van der Waals surface area contributed by atoms with Gasteiger partial charge in [0.05, 0.1) is 11.1 Å². The minimum Gasteiger partial charge on any atom is -0.368 e. The van der Waals surface area contributed by atoms with E-state index in [0.717, 1.165) is 43.7 Å². The number of likely N-dealkylation sites (N-methyl/N-ethyl adjacent to an activating group) is 2. The summed E-state index contributed by atoms with van der Waals surface area (Å²) in [5.74, 6) is -0.109. The van der Waals surface area contributed by atoms with Crippen molar-refractivity contribution in [3.05, 3.63) is 59.2 Å². The highest BCUT2D eigenvalue weighted by Crippen LogP contribution is 2.29. The number of halogens is 3. The van der Waals surface area contributed by atoms with E-state index >= 15 is 0 Å². The molecule has 1 aliphatic rings. The third-order valence-corrected chi connectivity index (χ3v) is 6.52. The van der Waals surface area contributed by atoms with Crippen LogP contribution in [0.2, 0.25) is 0 Å². The van der Waals surface area contributed by atoms with E-state index in [1.807, 2.05) is 0 Å². The minimum atomic E-state index is -4.46. The van der Waals surface area contributed by atoms with E-state index in [1.54, 1.807) is 32.3 Å². The van der Waals surface area contributed by atoms with Gasteiger partial charge in [0, 0.05) is 57.6 Å². The smallest absolute Gasteiger partial charge is 0.368 e. The topological polar surface area (TPSA) is 108 Å². The Balaban J connectivity index is 1.57. The van der Waals surface area contributed by atoms with E-state index in [9.17, 15) is 22.8 Å². The van der Waals surface area contributed by atoms with E-state index < -0.39 is 23.7 Å². The monoisotopic (exact) mass is 529 g/mol. The summed E-state index contributed by atoms with van der Waals surface area (Å²) in [6.45, 7) is 3.32. The van der Waals surface area contributed by atoms with Crippen LogP contribution in [0.25, 0.3) is 10.9 Å². The molecule has 38 heavy (non-hydrogen) atoms. The fraction of sp³-hybridized carbons (Fsp3) is 0.385. The zero-order valence-corrected chi connectivity index (χ0v) is 21.4. The summed E-state index contributed by atoms with van der Waals surface area (Å²) >= 11 is 0. The van der Waals surface area contributed by atoms with E-state index in [1.165, 1.54) is 17.0 Å². The summed E-state index contributed by atoms with van der Waals surface area (Å²) in [4.78, 5) is 40.4. The van der Waals surface area contributed by atoms with Crippen molar-refractivity contribution in [3.8, 4) is 0 Å². The number of carbonyl (C=O) groups excluding carboxylic acids is 2. The molecule has 9 nitrogen and oxygen atoms in total. The van der Waals surface area contributed by atoms with Crippen LogP contribution in [0.4, 0.5) is 24.9 Å². The van der Waals surface area contributed by atoms with Gasteiger partial charge < -0.3 is 25.8 Å². The number of nitrogens with two attached hydrogens (primary N) is 1. The Morgan fingerprint density at radius 3 is 2.32 bits per heavy atom. The van der Waals surface area contributed by atoms with Crippen LogP contribution in [-0.4, -0.2) is 84.9 Å². The molecule has 3 N–H and O–H groups in total. The fourth-order valence-corrected chi connectivity index (χ4v) is 4.35. The SMILES string of the molecule is CN1CCN(c2nc(N)nc3cc(C(=O)NC(Cc4ccc(C(F)(F)F)cc4)C(=O)N(C)C)ccc23)CC1. The van der Waals surface area contributed by atoms with Crippen molar-refractivity contribution in [1.29, 1.82) is 0 Å². The number of benzene rings is 2. The standard InChI is InChI=1S/C26H30F3N7O2/c1-34(2)24(38)21(14-16-4-7-18(8-5-16)26(27,28)29)31-23(37)17-6-9-19-20(15-17)32-25(30)33-22(19)36-12-10-35(3)11-13-36/h4-9,15,21H,10-14H2,1-3H3,(H,31,37)(H2,30,32,33). The molecule has 0 spiro atoms. The lowest BCUT2D eigenvalue weighted by atomic mass is 10.0. The number of rotatable bonds is 6. The Labute approximate surface area is 218 Å². The predicted molar refractivity (Wildman–Crippen MR) is 139 cm³/mol. The van der Waals surface area contributed by atoms with Crippen molar-refractivity contribution < 1.29 is 22.8 Å². The Bertz CT molecular complexity index is 1320. The summed E-state index contributed by atoms with van der Waals surface area (Å²) < 4.78 is 38.8. The number of anilines is 2. The van der Waals surface area contributed by atoms with E-state index in [-0.39, 0.29) is 23.8 Å². The van der Waals surface area contributed by atoms with Gasteiger partial charge in [0.25, 0.3) is 5.91 Å². The lowest BCUT2D eigenvalue weighted by Crippen LogP contribution is -2.47. The Kier molecular flexibility index (Phi) is 7.72. The molecule has 12 heteroatoms. The van der Waals surface area contributed by atoms with Crippen molar-refractivity contribution in [3.63, 3.8) is 0 Å². The molecule has 0 radical (unpaired) electrons. The molecule has 3 aromatic rings. The molecule has 1 unspecified atom stereocenters. The number of nitrogen functional groups attached to an aromatic ring is 1. The molecular weight excluding hydrogens is 499 g/mol. The number of aromatic nitrogens is 2. The molecule has 2 amide bonds. The van der Waals surface area contributed by atoms with Gasteiger partial charge in [0.2, 0.25) is 11.9 Å². The molecule has 1 fully saturated rings. The summed E-state index contributed by atoms with van der Waals surface area (Å²) in [7, 11) is 5.15. The molecule has 1 saturated heterocycles. The second-order valence-electron chi connectivity index (χ2n) is 9.59. The molecule has 1 aromatic heterocycles. The number of nitrogens with zero attached hydrogens (tertiary/aromatic N) is 5. The second-order valence-corrected chi connectivity index (χ2v) is 9.59. The van der Waals surface area contributed by atoms with Gasteiger partial charge in [0.15, 0.2) is 0 Å². The fourth-order valence-electron chi connectivity index (χ4n) is 4.35. The summed E-state index contributed by atoms with van der Waals surface area (Å²) in [5, 5.41) is 3.48. The van der Waals surface area contributed by atoms with E-state index in [2.05, 4.69) is 32.1 Å². The summed E-state index contributed by atoms with van der Waals surface area (Å²) in [6.07, 6.45) is -4.43. The molecule has 0 bridgehead atoms. The van der Waals surface area contributed by atoms with Gasteiger partial charge in [-0.1, -0.05) is 12.1 Å². The number of fused-ring (bicyclic) bond motifs is 1. The van der Waals surface area contributed by atoms with Gasteiger partial charge in [-0.25, -0.2) is 4.98 Å². The lowest BCUT2D eigenvalue weighted by molar-refractivity contribution is -0.137. The maximum atomic E-state index is 13.2. The van der Waals surface area contributed by atoms with Gasteiger partial charge in [-0.15, -0.1) is 0 Å². The largest absolute Gasteiger partial charge is 0.416 e. The summed E-state index contributed by atoms with van der Waals surface area (Å²) in [6, 6.07) is 8.53. The maximum absolute atomic E-state index is 13.2. The highest BCUT2D eigenvalue weighted by Gasteiger charge is 2.30. The van der Waals surface area contributed by atoms with Crippen molar-refractivity contribution in [1.82, 2.24) is 25.1 Å². The van der Waals surface area contributed by atoms with Crippen molar-refractivity contribution >= 4 is 34.5 Å². The predicted octanol–water partition coefficient (Wildman–Crippen LogP) is 2.41. The zero-order valence-electron chi connectivity index (χ0n) is 21.4. The van der Waals surface area contributed by atoms with Gasteiger partial charge in [-0.05, 0) is 42.9 Å². The number of hydrogen-bond donors (Lipinski definition) is 2. The van der Waals surface area contributed by atoms with E-state index in [0.29, 0.717) is 16.9 Å². The molecule has 202 valence electrons. The molecule has 0 aliphatic carbocycles. The number of hydrogen-bond acceptors (Lipinski definition) is 7. The number of amides is 2. The Morgan fingerprint density at radius 1 is 1.05 bits per heavy atom. The molecule has 0 saturated carbocycles. The lowest BCUT2D eigenvalue weighted by Gasteiger charge is -2.33. The van der Waals surface area contributed by atoms with Crippen molar-refractivity contribution in [2.24, 2.45) is 0 Å². The van der Waals surface area contributed by atoms with Gasteiger partial charge in [-0.3, -0.25) is 9.59 Å². The Morgan fingerprint density at radius 2 is 1.71 bits per heavy atom. The number of carbonyl (C=O) groups is 2. The first-order chi connectivity index (χ1) is 17.9. The first-order valence-corrected chi connectivity index (χ1v) is 12.1. The molecule has 4 rings (SSSR count). The normalized spacial score (nSPS) is 15.4. The van der Waals surface area contributed by atoms with Crippen LogP contribution in [0.3, 0.4) is 0 Å². The molecular formula is C26H30F3N7O2. The van der Waals surface area contributed by atoms with Crippen LogP contribution in [0, 0.1) is 0 Å². The number of alkyl halides is 3. The first kappa shape index (κ1) is 27.1. The second kappa shape index (κ2) is 10.8. The highest BCUT2D eigenvalue weighted by molar-refractivity contribution is 6.01. The number of piperazine rings is 1. The van der Waals surface area contributed by atoms with Crippen molar-refractivity contribution in [2.75, 3.05) is 58.0 Å². The van der Waals surface area contributed by atoms with Crippen LogP contribution in [0.15, 0.2) is 42.5 Å². The van der Waals surface area contributed by atoms with Gasteiger partial charge >= 0.3 is 6.18 Å². The average Bonchev–Trinajstić information content (AvgIpc) is 2.87. The minimum absolute atomic E-state index is 0.0249. The zero-order chi connectivity index (χ0) is 27.6. The third-order valence-electron chi connectivity index (χ3n) is 6.52. The third kappa shape index (κ3) is 6.13. The van der Waals surface area contributed by atoms with E-state index in [4.69, 9.17) is 5.73 Å². The average molecular weight is 530 g/mol. The van der Waals surface area contributed by atoms with Crippen molar-refractivity contribution in [2.45, 2.75) is 18.6 Å². The first-order valence-electron chi connectivity index (χ1n) is 12.1. The van der Waals surface area contributed by atoms with Crippen LogP contribution in [0.5, 0.6) is 0 Å². The van der Waals surface area contributed by atoms with Crippen LogP contribution in [-0.2, 0) is 17.4 Å². The molecule has 2 heterocycles. The van der Waals surface area contributed by atoms with Crippen LogP contribution in [0.1, 0.15) is 21.5 Å². The maximum Gasteiger partial charge on any atom is 0.416 e. The number of nitrogens with one attached hydrogen (secondary N) is 1. The summed E-state index contributed by atoms with van der Waals surface area (Å²) in [5.41, 5.74) is 6.44. The highest BCUT2D eigenvalue weighted by atomic mass is 19.4. The molecule has 1 atom stereocenters. The van der Waals surface area contributed by atoms with Gasteiger partial charge in [-0.2, -0.15) is 18.2 Å². The molecule has 2 aromatic carbocycles. The van der Waals surface area contributed by atoms with Crippen LogP contribution < -0.4 is 16.0 Å².